The highest BCUT2D eigenvalue weighted by Gasteiger charge is 2.33. The summed E-state index contributed by atoms with van der Waals surface area (Å²) >= 11 is 9.59. The highest BCUT2D eigenvalue weighted by Crippen LogP contribution is 2.38. The minimum atomic E-state index is 0.576. The molecule has 2 atom stereocenters. The lowest BCUT2D eigenvalue weighted by Gasteiger charge is -2.45. The van der Waals surface area contributed by atoms with Gasteiger partial charge in [-0.2, -0.15) is 0 Å². The lowest BCUT2D eigenvalue weighted by atomic mass is 9.78. The Bertz CT molecular complexity index is 446. The lowest BCUT2D eigenvalue weighted by Crippen LogP contribution is -2.46. The van der Waals surface area contributed by atoms with Crippen molar-refractivity contribution in [2.75, 3.05) is 11.4 Å². The molecule has 1 aliphatic carbocycles. The smallest absolute Gasteiger partial charge is 0.0485 e. The van der Waals surface area contributed by atoms with Crippen LogP contribution in [0.4, 0.5) is 5.69 Å². The maximum atomic E-state index is 5.94. The van der Waals surface area contributed by atoms with E-state index in [1.54, 1.807) is 0 Å². The molecule has 1 saturated carbocycles. The van der Waals surface area contributed by atoms with Gasteiger partial charge in [-0.15, -0.1) is 11.6 Å². The average Bonchev–Trinajstić information content (AvgIpc) is 2.46. The molecular weight excluding hydrogens is 322 g/mol. The first-order valence-electron chi connectivity index (χ1n) is 7.40. The number of nitrogens with zero attached hydrogens (tertiary/aromatic N) is 1. The van der Waals surface area contributed by atoms with Crippen LogP contribution < -0.4 is 4.90 Å². The van der Waals surface area contributed by atoms with Gasteiger partial charge in [0.15, 0.2) is 0 Å². The molecule has 2 fully saturated rings. The van der Waals surface area contributed by atoms with E-state index >= 15 is 0 Å². The van der Waals surface area contributed by atoms with E-state index in [9.17, 15) is 0 Å². The molecule has 104 valence electrons. The Morgan fingerprint density at radius 1 is 1.16 bits per heavy atom. The van der Waals surface area contributed by atoms with Gasteiger partial charge in [0.1, 0.15) is 0 Å². The average molecular weight is 343 g/mol. The van der Waals surface area contributed by atoms with Crippen LogP contribution in [0.1, 0.15) is 44.1 Å². The van der Waals surface area contributed by atoms with E-state index in [-0.39, 0.29) is 0 Å². The molecule has 2 aliphatic rings. The zero-order valence-electron chi connectivity index (χ0n) is 11.2. The second kappa shape index (κ2) is 6.05. The number of halogens is 2. The Morgan fingerprint density at radius 3 is 2.74 bits per heavy atom. The molecule has 0 N–H and O–H groups in total. The number of piperidine rings is 1. The molecule has 0 spiro atoms. The first-order chi connectivity index (χ1) is 9.29. The summed E-state index contributed by atoms with van der Waals surface area (Å²) in [6, 6.07) is 7.45. The van der Waals surface area contributed by atoms with Gasteiger partial charge in [0.2, 0.25) is 0 Å². The Morgan fingerprint density at radius 2 is 1.95 bits per heavy atom. The quantitative estimate of drug-likeness (QED) is 0.655. The molecular formula is C16H21BrClN. The number of benzene rings is 1. The Balaban J connectivity index is 1.85. The van der Waals surface area contributed by atoms with Crippen molar-refractivity contribution < 1.29 is 0 Å². The number of hydrogen-bond donors (Lipinski definition) is 0. The number of hydrogen-bond acceptors (Lipinski definition) is 1. The number of alkyl halides is 1. The molecule has 0 aromatic heterocycles. The maximum absolute atomic E-state index is 5.94. The van der Waals surface area contributed by atoms with E-state index < -0.39 is 0 Å². The van der Waals surface area contributed by atoms with Crippen LogP contribution in [0.25, 0.3) is 0 Å². The molecule has 1 nitrogen and oxygen atoms in total. The van der Waals surface area contributed by atoms with Crippen molar-refractivity contribution in [1.29, 1.82) is 0 Å². The third kappa shape index (κ3) is 2.80. The highest BCUT2D eigenvalue weighted by molar-refractivity contribution is 9.10. The fraction of sp³-hybridized carbons (Fsp3) is 0.625. The van der Waals surface area contributed by atoms with Gasteiger partial charge in [-0.3, -0.25) is 0 Å². The fourth-order valence-electron chi connectivity index (χ4n) is 3.77. The lowest BCUT2D eigenvalue weighted by molar-refractivity contribution is 0.244. The summed E-state index contributed by atoms with van der Waals surface area (Å²) in [5, 5.41) is 0. The molecule has 1 saturated heterocycles. The van der Waals surface area contributed by atoms with Crippen LogP contribution in [0, 0.1) is 5.92 Å². The standard InChI is InChI=1S/C16H21BrClN/c17-15-10-14(8-7-13(15)11-18)19-9-3-5-12-4-1-2-6-16(12)19/h7-8,10,12,16H,1-6,9,11H2. The van der Waals surface area contributed by atoms with Crippen LogP contribution in [0.2, 0.25) is 0 Å². The number of rotatable bonds is 2. The predicted molar refractivity (Wildman–Crippen MR) is 86.0 cm³/mol. The van der Waals surface area contributed by atoms with Crippen molar-refractivity contribution in [1.82, 2.24) is 0 Å². The van der Waals surface area contributed by atoms with E-state index in [2.05, 4.69) is 39.0 Å². The van der Waals surface area contributed by atoms with Crippen molar-refractivity contribution in [3.05, 3.63) is 28.2 Å². The van der Waals surface area contributed by atoms with Gasteiger partial charge in [0, 0.05) is 28.6 Å². The second-order valence-electron chi connectivity index (χ2n) is 5.86. The van der Waals surface area contributed by atoms with Crippen LogP contribution in [-0.2, 0) is 5.88 Å². The van der Waals surface area contributed by atoms with E-state index in [0.717, 1.165) is 16.4 Å². The molecule has 1 aromatic rings. The van der Waals surface area contributed by atoms with Gasteiger partial charge in [-0.05, 0) is 49.3 Å². The molecule has 3 rings (SSSR count). The largest absolute Gasteiger partial charge is 0.368 e. The van der Waals surface area contributed by atoms with Crippen molar-refractivity contribution in [2.24, 2.45) is 5.92 Å². The van der Waals surface area contributed by atoms with Crippen molar-refractivity contribution in [2.45, 2.75) is 50.4 Å². The highest BCUT2D eigenvalue weighted by atomic mass is 79.9. The third-order valence-electron chi connectivity index (χ3n) is 4.76. The topological polar surface area (TPSA) is 3.24 Å². The first-order valence-corrected chi connectivity index (χ1v) is 8.73. The van der Waals surface area contributed by atoms with Crippen molar-refractivity contribution >= 4 is 33.2 Å². The SMILES string of the molecule is ClCc1ccc(N2CCCC3CCCCC32)cc1Br. The molecule has 1 aromatic carbocycles. The third-order valence-corrected chi connectivity index (χ3v) is 5.78. The number of anilines is 1. The van der Waals surface area contributed by atoms with Gasteiger partial charge in [-0.25, -0.2) is 0 Å². The van der Waals surface area contributed by atoms with Crippen LogP contribution >= 0.6 is 27.5 Å². The van der Waals surface area contributed by atoms with Gasteiger partial charge in [-0.1, -0.05) is 34.8 Å². The summed E-state index contributed by atoms with van der Waals surface area (Å²) in [5.74, 6) is 1.50. The van der Waals surface area contributed by atoms with Crippen LogP contribution in [0.15, 0.2) is 22.7 Å². The zero-order valence-corrected chi connectivity index (χ0v) is 13.6. The second-order valence-corrected chi connectivity index (χ2v) is 6.98. The molecule has 0 bridgehead atoms. The van der Waals surface area contributed by atoms with Crippen LogP contribution in [0.5, 0.6) is 0 Å². The van der Waals surface area contributed by atoms with Gasteiger partial charge in [0.05, 0.1) is 0 Å². The molecule has 0 amide bonds. The van der Waals surface area contributed by atoms with E-state index in [0.29, 0.717) is 5.88 Å². The normalized spacial score (nSPS) is 27.2. The van der Waals surface area contributed by atoms with E-state index in [1.807, 2.05) is 0 Å². The number of fused-ring (bicyclic) bond motifs is 1. The Kier molecular flexibility index (Phi) is 4.38. The Hall–Kier alpha value is -0.210. The summed E-state index contributed by atoms with van der Waals surface area (Å²) in [5.41, 5.74) is 2.56. The molecule has 0 radical (unpaired) electrons. The summed E-state index contributed by atoms with van der Waals surface area (Å²) in [7, 11) is 0. The zero-order chi connectivity index (χ0) is 13.2. The predicted octanol–water partition coefficient (Wildman–Crippen LogP) is 5.35. The molecule has 2 unspecified atom stereocenters. The summed E-state index contributed by atoms with van der Waals surface area (Å²) in [6.45, 7) is 1.22. The van der Waals surface area contributed by atoms with Crippen LogP contribution in [-0.4, -0.2) is 12.6 Å². The van der Waals surface area contributed by atoms with Gasteiger partial charge < -0.3 is 4.90 Å². The minimum Gasteiger partial charge on any atom is -0.368 e. The minimum absolute atomic E-state index is 0.576. The molecule has 1 aliphatic heterocycles. The molecule has 19 heavy (non-hydrogen) atoms. The van der Waals surface area contributed by atoms with Crippen LogP contribution in [0.3, 0.4) is 0 Å². The van der Waals surface area contributed by atoms with Gasteiger partial charge in [0.25, 0.3) is 0 Å². The molecule has 3 heteroatoms. The van der Waals surface area contributed by atoms with Crippen molar-refractivity contribution in [3.8, 4) is 0 Å². The monoisotopic (exact) mass is 341 g/mol. The van der Waals surface area contributed by atoms with Crippen molar-refractivity contribution in [3.63, 3.8) is 0 Å². The van der Waals surface area contributed by atoms with E-state index in [1.165, 1.54) is 56.3 Å². The summed E-state index contributed by atoms with van der Waals surface area (Å²) < 4.78 is 1.15. The first kappa shape index (κ1) is 13.8. The fourth-order valence-corrected chi connectivity index (χ4v) is 4.67. The van der Waals surface area contributed by atoms with E-state index in [4.69, 9.17) is 11.6 Å². The maximum Gasteiger partial charge on any atom is 0.0485 e. The summed E-state index contributed by atoms with van der Waals surface area (Å²) in [4.78, 5) is 2.65. The molecule has 1 heterocycles. The Labute approximate surface area is 129 Å². The van der Waals surface area contributed by atoms with Gasteiger partial charge >= 0.3 is 0 Å². The summed E-state index contributed by atoms with van der Waals surface area (Å²) in [6.07, 6.45) is 8.42.